The van der Waals surface area contributed by atoms with Crippen molar-refractivity contribution in [3.8, 4) is 11.4 Å². The minimum Gasteiger partial charge on any atom is -0.377 e. The van der Waals surface area contributed by atoms with E-state index in [9.17, 15) is 17.6 Å². The first-order valence-corrected chi connectivity index (χ1v) is 14.1. The van der Waals surface area contributed by atoms with Crippen molar-refractivity contribution in [2.45, 2.75) is 42.4 Å². The van der Waals surface area contributed by atoms with E-state index in [0.29, 0.717) is 67.7 Å². The first-order chi connectivity index (χ1) is 18.2. The summed E-state index contributed by atoms with van der Waals surface area (Å²) in [5, 5.41) is 5.43. The molecule has 2 aliphatic rings. The number of rotatable bonds is 7. The fourth-order valence-electron chi connectivity index (χ4n) is 4.70. The zero-order valence-electron chi connectivity index (χ0n) is 21.3. The third kappa shape index (κ3) is 4.83. The summed E-state index contributed by atoms with van der Waals surface area (Å²) in [7, 11) is -4.06. The molecule has 2 amide bonds. The van der Waals surface area contributed by atoms with Crippen molar-refractivity contribution < 1.29 is 22.3 Å². The van der Waals surface area contributed by atoms with Gasteiger partial charge < -0.3 is 20.3 Å². The molecule has 3 aromatic rings. The Labute approximate surface area is 221 Å². The SMILES string of the molecule is CCNC(=O)Nc1ccc(-c2nc(N3CCOC[C@@H]3C)cc(C3(S(=O)(=O)c4ccccc4F)CC3)n2)cc1. The number of halogens is 1. The molecule has 0 spiro atoms. The van der Waals surface area contributed by atoms with E-state index in [2.05, 4.69) is 15.5 Å². The van der Waals surface area contributed by atoms with Gasteiger partial charge in [0.15, 0.2) is 15.7 Å². The maximum Gasteiger partial charge on any atom is 0.319 e. The van der Waals surface area contributed by atoms with Crippen LogP contribution in [-0.2, 0) is 19.3 Å². The molecular formula is C27H30FN5O4S. The number of nitrogens with zero attached hydrogens (tertiary/aromatic N) is 3. The van der Waals surface area contributed by atoms with E-state index in [0.717, 1.165) is 6.07 Å². The molecule has 2 N–H and O–H groups in total. The molecule has 0 bridgehead atoms. The van der Waals surface area contributed by atoms with Crippen molar-refractivity contribution >= 4 is 27.4 Å². The van der Waals surface area contributed by atoms with Crippen molar-refractivity contribution in [2.24, 2.45) is 0 Å². The summed E-state index contributed by atoms with van der Waals surface area (Å²) in [6.45, 7) is 6.00. The van der Waals surface area contributed by atoms with E-state index in [4.69, 9.17) is 14.7 Å². The van der Waals surface area contributed by atoms with Crippen LogP contribution in [0, 0.1) is 5.82 Å². The summed E-state index contributed by atoms with van der Waals surface area (Å²) in [6, 6.07) is 13.9. The number of sulfone groups is 1. The Bertz CT molecular complexity index is 1440. The Morgan fingerprint density at radius 1 is 1.16 bits per heavy atom. The van der Waals surface area contributed by atoms with Crippen LogP contribution < -0.4 is 15.5 Å². The first kappa shape index (κ1) is 26.1. The molecular weight excluding hydrogens is 509 g/mol. The molecule has 0 unspecified atom stereocenters. The second kappa shape index (κ2) is 10.3. The molecule has 11 heteroatoms. The molecule has 1 aromatic heterocycles. The lowest BCUT2D eigenvalue weighted by atomic mass is 10.1. The molecule has 2 fully saturated rings. The van der Waals surface area contributed by atoms with Gasteiger partial charge in [-0.2, -0.15) is 0 Å². The van der Waals surface area contributed by atoms with E-state index in [-0.39, 0.29) is 17.0 Å². The predicted octanol–water partition coefficient (Wildman–Crippen LogP) is 4.11. The molecule has 1 atom stereocenters. The lowest BCUT2D eigenvalue weighted by Crippen LogP contribution is -2.44. The van der Waals surface area contributed by atoms with Gasteiger partial charge in [-0.1, -0.05) is 12.1 Å². The fraction of sp³-hybridized carbons (Fsp3) is 0.370. The molecule has 38 heavy (non-hydrogen) atoms. The van der Waals surface area contributed by atoms with Crippen molar-refractivity contribution in [1.82, 2.24) is 15.3 Å². The number of amides is 2. The molecule has 9 nitrogen and oxygen atoms in total. The van der Waals surface area contributed by atoms with Crippen LogP contribution in [0.2, 0.25) is 0 Å². The molecule has 1 aliphatic heterocycles. The van der Waals surface area contributed by atoms with Crippen molar-refractivity contribution in [3.63, 3.8) is 0 Å². The largest absolute Gasteiger partial charge is 0.377 e. The number of benzene rings is 2. The van der Waals surface area contributed by atoms with Gasteiger partial charge in [0.2, 0.25) is 0 Å². The Kier molecular flexibility index (Phi) is 7.06. The smallest absolute Gasteiger partial charge is 0.319 e. The predicted molar refractivity (Wildman–Crippen MR) is 142 cm³/mol. The third-order valence-corrected chi connectivity index (χ3v) is 9.48. The number of urea groups is 1. The molecule has 200 valence electrons. The van der Waals surface area contributed by atoms with Gasteiger partial charge in [-0.05, 0) is 63.1 Å². The summed E-state index contributed by atoms with van der Waals surface area (Å²) in [6.07, 6.45) is 0.682. The first-order valence-electron chi connectivity index (χ1n) is 12.6. The molecule has 1 saturated heterocycles. The van der Waals surface area contributed by atoms with Gasteiger partial charge in [-0.15, -0.1) is 0 Å². The maximum atomic E-state index is 14.6. The van der Waals surface area contributed by atoms with E-state index < -0.39 is 20.4 Å². The molecule has 1 saturated carbocycles. The zero-order chi connectivity index (χ0) is 26.9. The van der Waals surface area contributed by atoms with Gasteiger partial charge >= 0.3 is 6.03 Å². The number of carbonyl (C=O) groups is 1. The zero-order valence-corrected chi connectivity index (χ0v) is 22.1. The number of morpholine rings is 1. The summed E-state index contributed by atoms with van der Waals surface area (Å²) < 4.78 is 46.4. The monoisotopic (exact) mass is 539 g/mol. The number of aromatic nitrogens is 2. The van der Waals surface area contributed by atoms with Gasteiger partial charge in [0.05, 0.1) is 24.9 Å². The molecule has 2 aromatic carbocycles. The molecule has 5 rings (SSSR count). The van der Waals surface area contributed by atoms with Gasteiger partial charge in [0.25, 0.3) is 0 Å². The topological polar surface area (TPSA) is 114 Å². The van der Waals surface area contributed by atoms with Crippen LogP contribution in [0.3, 0.4) is 0 Å². The van der Waals surface area contributed by atoms with Crippen LogP contribution in [-0.4, -0.2) is 56.8 Å². The van der Waals surface area contributed by atoms with Gasteiger partial charge in [-0.3, -0.25) is 0 Å². The minimum absolute atomic E-state index is 0.0290. The second-order valence-electron chi connectivity index (χ2n) is 9.54. The van der Waals surface area contributed by atoms with Gasteiger partial charge in [0, 0.05) is 30.4 Å². The number of hydrogen-bond donors (Lipinski definition) is 2. The van der Waals surface area contributed by atoms with Crippen LogP contribution in [0.1, 0.15) is 32.4 Å². The van der Waals surface area contributed by atoms with E-state index in [1.165, 1.54) is 18.2 Å². The average molecular weight is 540 g/mol. The van der Waals surface area contributed by atoms with Crippen LogP contribution >= 0.6 is 0 Å². The Hall–Kier alpha value is -3.57. The lowest BCUT2D eigenvalue weighted by Gasteiger charge is -2.34. The number of nitrogens with one attached hydrogen (secondary N) is 2. The van der Waals surface area contributed by atoms with Gasteiger partial charge in [0.1, 0.15) is 21.3 Å². The molecule has 2 heterocycles. The van der Waals surface area contributed by atoms with Crippen LogP contribution in [0.15, 0.2) is 59.5 Å². The number of ether oxygens (including phenoxy) is 1. The average Bonchev–Trinajstić information content (AvgIpc) is 3.72. The van der Waals surface area contributed by atoms with Crippen LogP contribution in [0.5, 0.6) is 0 Å². The Balaban J connectivity index is 1.58. The minimum atomic E-state index is -4.06. The van der Waals surface area contributed by atoms with Crippen LogP contribution in [0.4, 0.5) is 20.7 Å². The number of carbonyl (C=O) groups excluding carboxylic acids is 1. The lowest BCUT2D eigenvalue weighted by molar-refractivity contribution is 0.0985. The fourth-order valence-corrected chi connectivity index (χ4v) is 6.72. The van der Waals surface area contributed by atoms with E-state index >= 15 is 0 Å². The number of hydrogen-bond acceptors (Lipinski definition) is 7. The van der Waals surface area contributed by atoms with Crippen LogP contribution in [0.25, 0.3) is 11.4 Å². The third-order valence-electron chi connectivity index (χ3n) is 6.92. The van der Waals surface area contributed by atoms with Gasteiger partial charge in [-0.25, -0.2) is 27.6 Å². The van der Waals surface area contributed by atoms with Crippen molar-refractivity contribution in [3.05, 3.63) is 66.1 Å². The summed E-state index contributed by atoms with van der Waals surface area (Å²) in [4.78, 5) is 23.2. The highest BCUT2D eigenvalue weighted by Gasteiger charge is 2.58. The quantitative estimate of drug-likeness (QED) is 0.465. The Morgan fingerprint density at radius 2 is 1.89 bits per heavy atom. The highest BCUT2D eigenvalue weighted by atomic mass is 32.2. The van der Waals surface area contributed by atoms with Crippen molar-refractivity contribution in [1.29, 1.82) is 0 Å². The van der Waals surface area contributed by atoms with Crippen molar-refractivity contribution in [2.75, 3.05) is 36.5 Å². The van der Waals surface area contributed by atoms with E-state index in [1.807, 2.05) is 13.8 Å². The van der Waals surface area contributed by atoms with E-state index in [1.54, 1.807) is 30.3 Å². The highest BCUT2D eigenvalue weighted by molar-refractivity contribution is 7.92. The summed E-state index contributed by atoms with van der Waals surface area (Å²) in [5.74, 6) is 0.182. The highest BCUT2D eigenvalue weighted by Crippen LogP contribution is 2.55. The summed E-state index contributed by atoms with van der Waals surface area (Å²) in [5.41, 5.74) is 1.61. The molecule has 1 aliphatic carbocycles. The maximum absolute atomic E-state index is 14.6. The summed E-state index contributed by atoms with van der Waals surface area (Å²) >= 11 is 0. The Morgan fingerprint density at radius 3 is 2.55 bits per heavy atom. The standard InChI is InChI=1S/C27H30FN5O4S/c1-3-29-26(34)30-20-10-8-19(9-11-20)25-31-23(16-24(32-25)33-14-15-37-17-18(33)2)27(12-13-27)38(35,36)22-7-5-4-6-21(22)28/h4-11,16,18H,3,12-15,17H2,1-2H3,(H2,29,30,34)/t18-/m0/s1. The molecule has 0 radical (unpaired) electrons. The normalized spacial score (nSPS) is 18.6. The number of anilines is 2. The second-order valence-corrected chi connectivity index (χ2v) is 11.8.